The Hall–Kier alpha value is -2.69. The van der Waals surface area contributed by atoms with Crippen molar-refractivity contribution in [3.8, 4) is 17.2 Å². The zero-order valence-electron chi connectivity index (χ0n) is 13.6. The van der Waals surface area contributed by atoms with Crippen molar-refractivity contribution in [1.29, 1.82) is 0 Å². The van der Waals surface area contributed by atoms with E-state index in [1.807, 2.05) is 31.2 Å². The molecule has 0 saturated carbocycles. The van der Waals surface area contributed by atoms with E-state index in [4.69, 9.17) is 14.2 Å². The Balaban J connectivity index is 2.11. The van der Waals surface area contributed by atoms with Gasteiger partial charge in [0.1, 0.15) is 17.2 Å². The smallest absolute Gasteiger partial charge is 0.251 e. The average Bonchev–Trinajstić information content (AvgIpc) is 2.60. The van der Waals surface area contributed by atoms with Crippen LogP contribution in [0.4, 0.5) is 0 Å². The van der Waals surface area contributed by atoms with Crippen LogP contribution in [0.15, 0.2) is 42.5 Å². The third-order valence-corrected chi connectivity index (χ3v) is 3.33. The Morgan fingerprint density at radius 2 is 1.70 bits per heavy atom. The summed E-state index contributed by atoms with van der Waals surface area (Å²) >= 11 is 0. The SMILES string of the molecule is CCOc1ccccc1CNC(=O)c1cc(OC)cc(OC)c1. The predicted octanol–water partition coefficient (Wildman–Crippen LogP) is 3.03. The van der Waals surface area contributed by atoms with Gasteiger partial charge in [-0.1, -0.05) is 18.2 Å². The summed E-state index contributed by atoms with van der Waals surface area (Å²) in [4.78, 5) is 12.4. The molecule has 0 aliphatic carbocycles. The number of carbonyl (C=O) groups is 1. The molecule has 0 aromatic heterocycles. The second-order valence-electron chi connectivity index (χ2n) is 4.82. The summed E-state index contributed by atoms with van der Waals surface area (Å²) in [6.45, 7) is 2.89. The molecule has 0 aliphatic rings. The van der Waals surface area contributed by atoms with Crippen LogP contribution in [-0.4, -0.2) is 26.7 Å². The molecule has 0 unspecified atom stereocenters. The minimum absolute atomic E-state index is 0.200. The Morgan fingerprint density at radius 1 is 1.04 bits per heavy atom. The van der Waals surface area contributed by atoms with E-state index < -0.39 is 0 Å². The van der Waals surface area contributed by atoms with Crippen LogP contribution >= 0.6 is 0 Å². The Kier molecular flexibility index (Phi) is 5.86. The van der Waals surface area contributed by atoms with Gasteiger partial charge in [0, 0.05) is 23.7 Å². The summed E-state index contributed by atoms with van der Waals surface area (Å²) in [6, 6.07) is 12.7. The fraction of sp³-hybridized carbons (Fsp3) is 0.278. The third kappa shape index (κ3) is 4.39. The Bertz CT molecular complexity index is 648. The molecule has 0 bridgehead atoms. The molecule has 23 heavy (non-hydrogen) atoms. The van der Waals surface area contributed by atoms with Gasteiger partial charge in [-0.2, -0.15) is 0 Å². The second-order valence-corrected chi connectivity index (χ2v) is 4.82. The van der Waals surface area contributed by atoms with E-state index in [2.05, 4.69) is 5.32 Å². The summed E-state index contributed by atoms with van der Waals surface area (Å²) in [6.07, 6.45) is 0. The molecule has 5 heteroatoms. The highest BCUT2D eigenvalue weighted by atomic mass is 16.5. The monoisotopic (exact) mass is 315 g/mol. The van der Waals surface area contributed by atoms with Crippen LogP contribution in [0, 0.1) is 0 Å². The first kappa shape index (κ1) is 16.7. The molecule has 122 valence electrons. The Labute approximate surface area is 136 Å². The van der Waals surface area contributed by atoms with E-state index in [1.165, 1.54) is 0 Å². The van der Waals surface area contributed by atoms with Crippen LogP contribution < -0.4 is 19.5 Å². The van der Waals surface area contributed by atoms with Crippen molar-refractivity contribution in [3.63, 3.8) is 0 Å². The first-order valence-electron chi connectivity index (χ1n) is 7.40. The molecule has 0 aliphatic heterocycles. The fourth-order valence-electron chi connectivity index (χ4n) is 2.16. The number of carbonyl (C=O) groups excluding carboxylic acids is 1. The zero-order chi connectivity index (χ0) is 16.7. The van der Waals surface area contributed by atoms with Gasteiger partial charge in [0.25, 0.3) is 5.91 Å². The number of hydrogen-bond donors (Lipinski definition) is 1. The maximum atomic E-state index is 12.4. The highest BCUT2D eigenvalue weighted by Gasteiger charge is 2.11. The normalized spacial score (nSPS) is 10.0. The van der Waals surface area contributed by atoms with Crippen LogP contribution in [0.3, 0.4) is 0 Å². The summed E-state index contributed by atoms with van der Waals surface area (Å²) in [7, 11) is 3.10. The van der Waals surface area contributed by atoms with Gasteiger partial charge in [0.15, 0.2) is 0 Å². The highest BCUT2D eigenvalue weighted by molar-refractivity contribution is 5.95. The lowest BCUT2D eigenvalue weighted by molar-refractivity contribution is 0.0950. The molecule has 1 N–H and O–H groups in total. The van der Waals surface area contributed by atoms with Crippen LogP contribution in [-0.2, 0) is 6.54 Å². The standard InChI is InChI=1S/C18H21NO4/c1-4-23-17-8-6-5-7-13(17)12-19-18(20)14-9-15(21-2)11-16(10-14)22-3/h5-11H,4,12H2,1-3H3,(H,19,20). The lowest BCUT2D eigenvalue weighted by Crippen LogP contribution is -2.23. The van der Waals surface area contributed by atoms with Gasteiger partial charge in [0.2, 0.25) is 0 Å². The van der Waals surface area contributed by atoms with E-state index in [9.17, 15) is 4.79 Å². The first-order valence-corrected chi connectivity index (χ1v) is 7.40. The lowest BCUT2D eigenvalue weighted by atomic mass is 10.1. The molecule has 0 heterocycles. The molecule has 0 atom stereocenters. The molecular formula is C18H21NO4. The number of rotatable bonds is 7. The number of para-hydroxylation sites is 1. The first-order chi connectivity index (χ1) is 11.2. The van der Waals surface area contributed by atoms with E-state index in [0.717, 1.165) is 11.3 Å². The van der Waals surface area contributed by atoms with Crippen molar-refractivity contribution in [3.05, 3.63) is 53.6 Å². The lowest BCUT2D eigenvalue weighted by Gasteiger charge is -2.12. The average molecular weight is 315 g/mol. The topological polar surface area (TPSA) is 56.8 Å². The largest absolute Gasteiger partial charge is 0.497 e. The maximum Gasteiger partial charge on any atom is 0.251 e. The van der Waals surface area contributed by atoms with Crippen molar-refractivity contribution in [2.75, 3.05) is 20.8 Å². The van der Waals surface area contributed by atoms with E-state index in [1.54, 1.807) is 32.4 Å². The molecular weight excluding hydrogens is 294 g/mol. The number of nitrogens with one attached hydrogen (secondary N) is 1. The van der Waals surface area contributed by atoms with Crippen molar-refractivity contribution < 1.29 is 19.0 Å². The van der Waals surface area contributed by atoms with Gasteiger partial charge in [0.05, 0.1) is 20.8 Å². The summed E-state index contributed by atoms with van der Waals surface area (Å²) in [5.74, 6) is 1.72. The van der Waals surface area contributed by atoms with Crippen molar-refractivity contribution >= 4 is 5.91 Å². The van der Waals surface area contributed by atoms with Crippen LogP contribution in [0.2, 0.25) is 0 Å². The minimum atomic E-state index is -0.200. The number of benzene rings is 2. The van der Waals surface area contributed by atoms with Crippen molar-refractivity contribution in [2.45, 2.75) is 13.5 Å². The van der Waals surface area contributed by atoms with Crippen LogP contribution in [0.1, 0.15) is 22.8 Å². The van der Waals surface area contributed by atoms with E-state index >= 15 is 0 Å². The summed E-state index contributed by atoms with van der Waals surface area (Å²) in [5.41, 5.74) is 1.41. The Morgan fingerprint density at radius 3 is 2.30 bits per heavy atom. The van der Waals surface area contributed by atoms with Gasteiger partial charge >= 0.3 is 0 Å². The van der Waals surface area contributed by atoms with Crippen molar-refractivity contribution in [2.24, 2.45) is 0 Å². The zero-order valence-corrected chi connectivity index (χ0v) is 13.6. The van der Waals surface area contributed by atoms with Crippen molar-refractivity contribution in [1.82, 2.24) is 5.32 Å². The minimum Gasteiger partial charge on any atom is -0.497 e. The van der Waals surface area contributed by atoms with Gasteiger partial charge in [-0.3, -0.25) is 4.79 Å². The number of hydrogen-bond acceptors (Lipinski definition) is 4. The molecule has 2 aromatic rings. The van der Waals surface area contributed by atoms with Gasteiger partial charge in [-0.25, -0.2) is 0 Å². The molecule has 1 amide bonds. The molecule has 5 nitrogen and oxygen atoms in total. The summed E-state index contributed by atoms with van der Waals surface area (Å²) < 4.78 is 15.9. The molecule has 2 aromatic carbocycles. The fourth-order valence-corrected chi connectivity index (χ4v) is 2.16. The number of methoxy groups -OCH3 is 2. The van der Waals surface area contributed by atoms with Gasteiger partial charge in [-0.05, 0) is 25.1 Å². The predicted molar refractivity (Wildman–Crippen MR) is 88.3 cm³/mol. The molecule has 0 spiro atoms. The highest BCUT2D eigenvalue weighted by Crippen LogP contribution is 2.23. The molecule has 0 fully saturated rings. The quantitative estimate of drug-likeness (QED) is 0.853. The number of amides is 1. The van der Waals surface area contributed by atoms with Gasteiger partial charge < -0.3 is 19.5 Å². The second kappa shape index (κ2) is 8.08. The molecule has 0 radical (unpaired) electrons. The van der Waals surface area contributed by atoms with E-state index in [-0.39, 0.29) is 5.91 Å². The maximum absolute atomic E-state index is 12.4. The molecule has 0 saturated heterocycles. The van der Waals surface area contributed by atoms with Crippen LogP contribution in [0.5, 0.6) is 17.2 Å². The summed E-state index contributed by atoms with van der Waals surface area (Å²) in [5, 5.41) is 2.89. The van der Waals surface area contributed by atoms with Crippen LogP contribution in [0.25, 0.3) is 0 Å². The van der Waals surface area contributed by atoms with E-state index in [0.29, 0.717) is 30.2 Å². The van der Waals surface area contributed by atoms with Gasteiger partial charge in [-0.15, -0.1) is 0 Å². The third-order valence-electron chi connectivity index (χ3n) is 3.33. The molecule has 2 rings (SSSR count). The number of ether oxygens (including phenoxy) is 3.